The lowest BCUT2D eigenvalue weighted by Gasteiger charge is -2.06. The topological polar surface area (TPSA) is 22.1 Å². The standard InChI is InChI=1S/C13H12BrNO/c1-9-3-5-11(6-4-9)16-13-8-7-12(14)10(2)15-13/h3-8H,1-2H3. The van der Waals surface area contributed by atoms with Crippen molar-refractivity contribution < 1.29 is 4.74 Å². The van der Waals surface area contributed by atoms with Crippen LogP contribution >= 0.6 is 15.9 Å². The summed E-state index contributed by atoms with van der Waals surface area (Å²) in [6.07, 6.45) is 0. The molecule has 82 valence electrons. The second kappa shape index (κ2) is 4.66. The molecule has 0 aliphatic heterocycles. The van der Waals surface area contributed by atoms with Gasteiger partial charge in [0.15, 0.2) is 0 Å². The summed E-state index contributed by atoms with van der Waals surface area (Å²) in [6.45, 7) is 3.98. The molecule has 3 heteroatoms. The van der Waals surface area contributed by atoms with Crippen LogP contribution in [-0.2, 0) is 0 Å². The van der Waals surface area contributed by atoms with Crippen LogP contribution in [-0.4, -0.2) is 4.98 Å². The largest absolute Gasteiger partial charge is 0.439 e. The minimum Gasteiger partial charge on any atom is -0.439 e. The van der Waals surface area contributed by atoms with Gasteiger partial charge in [0, 0.05) is 10.5 Å². The van der Waals surface area contributed by atoms with Crippen LogP contribution in [0.3, 0.4) is 0 Å². The van der Waals surface area contributed by atoms with Crippen molar-refractivity contribution in [3.05, 3.63) is 52.1 Å². The quantitative estimate of drug-likeness (QED) is 0.819. The van der Waals surface area contributed by atoms with E-state index >= 15 is 0 Å². The van der Waals surface area contributed by atoms with Crippen molar-refractivity contribution in [1.29, 1.82) is 0 Å². The number of aryl methyl sites for hydroxylation is 2. The highest BCUT2D eigenvalue weighted by atomic mass is 79.9. The molecule has 16 heavy (non-hydrogen) atoms. The third kappa shape index (κ3) is 2.61. The van der Waals surface area contributed by atoms with E-state index in [-0.39, 0.29) is 0 Å². The van der Waals surface area contributed by atoms with Crippen LogP contribution < -0.4 is 4.74 Å². The number of benzene rings is 1. The number of halogens is 1. The Labute approximate surface area is 103 Å². The van der Waals surface area contributed by atoms with Gasteiger partial charge in [0.2, 0.25) is 5.88 Å². The lowest BCUT2D eigenvalue weighted by atomic mass is 10.2. The molecular weight excluding hydrogens is 266 g/mol. The lowest BCUT2D eigenvalue weighted by Crippen LogP contribution is -1.90. The highest BCUT2D eigenvalue weighted by Crippen LogP contribution is 2.22. The summed E-state index contributed by atoms with van der Waals surface area (Å²) in [5.41, 5.74) is 2.14. The molecule has 2 aromatic rings. The summed E-state index contributed by atoms with van der Waals surface area (Å²) in [5.74, 6) is 1.42. The van der Waals surface area contributed by atoms with Crippen molar-refractivity contribution in [2.45, 2.75) is 13.8 Å². The molecule has 0 amide bonds. The van der Waals surface area contributed by atoms with E-state index in [1.807, 2.05) is 50.2 Å². The first-order valence-electron chi connectivity index (χ1n) is 5.03. The van der Waals surface area contributed by atoms with Crippen molar-refractivity contribution in [3.63, 3.8) is 0 Å². The summed E-state index contributed by atoms with van der Waals surface area (Å²) >= 11 is 3.41. The first kappa shape index (κ1) is 11.1. The predicted molar refractivity (Wildman–Crippen MR) is 67.9 cm³/mol. The van der Waals surface area contributed by atoms with E-state index in [2.05, 4.69) is 20.9 Å². The van der Waals surface area contributed by atoms with Crippen LogP contribution in [0.1, 0.15) is 11.3 Å². The number of ether oxygens (including phenoxy) is 1. The fourth-order valence-corrected chi connectivity index (χ4v) is 1.53. The average Bonchev–Trinajstić information content (AvgIpc) is 2.27. The maximum atomic E-state index is 5.64. The van der Waals surface area contributed by atoms with E-state index in [9.17, 15) is 0 Å². The van der Waals surface area contributed by atoms with Gasteiger partial charge in [-0.2, -0.15) is 0 Å². The summed E-state index contributed by atoms with van der Waals surface area (Å²) in [6, 6.07) is 11.7. The predicted octanol–water partition coefficient (Wildman–Crippen LogP) is 4.25. The molecule has 0 radical (unpaired) electrons. The minimum atomic E-state index is 0.615. The van der Waals surface area contributed by atoms with Gasteiger partial charge in [0.05, 0.1) is 5.69 Å². The molecule has 1 heterocycles. The van der Waals surface area contributed by atoms with E-state index < -0.39 is 0 Å². The number of hydrogen-bond donors (Lipinski definition) is 0. The van der Waals surface area contributed by atoms with Crippen LogP contribution in [0.2, 0.25) is 0 Å². The summed E-state index contributed by atoms with van der Waals surface area (Å²) in [7, 11) is 0. The molecule has 0 bridgehead atoms. The number of rotatable bonds is 2. The summed E-state index contributed by atoms with van der Waals surface area (Å²) in [4.78, 5) is 4.32. The van der Waals surface area contributed by atoms with E-state index in [0.717, 1.165) is 15.9 Å². The zero-order valence-corrected chi connectivity index (χ0v) is 10.8. The zero-order valence-electron chi connectivity index (χ0n) is 9.20. The highest BCUT2D eigenvalue weighted by molar-refractivity contribution is 9.10. The SMILES string of the molecule is Cc1ccc(Oc2ccc(Br)c(C)n2)cc1. The molecule has 0 N–H and O–H groups in total. The van der Waals surface area contributed by atoms with Crippen molar-refractivity contribution in [2.24, 2.45) is 0 Å². The Hall–Kier alpha value is -1.35. The van der Waals surface area contributed by atoms with Gasteiger partial charge in [-0.3, -0.25) is 0 Å². The summed E-state index contributed by atoms with van der Waals surface area (Å²) in [5, 5.41) is 0. The van der Waals surface area contributed by atoms with E-state index in [1.54, 1.807) is 0 Å². The molecule has 0 unspecified atom stereocenters. The van der Waals surface area contributed by atoms with Gasteiger partial charge in [0.1, 0.15) is 5.75 Å². The van der Waals surface area contributed by atoms with Gasteiger partial charge in [0.25, 0.3) is 0 Å². The number of pyridine rings is 1. The van der Waals surface area contributed by atoms with Gasteiger partial charge in [-0.25, -0.2) is 4.98 Å². The van der Waals surface area contributed by atoms with Gasteiger partial charge in [-0.1, -0.05) is 17.7 Å². The van der Waals surface area contributed by atoms with Crippen LogP contribution in [0.5, 0.6) is 11.6 Å². The molecule has 0 atom stereocenters. The first-order chi connectivity index (χ1) is 7.65. The van der Waals surface area contributed by atoms with Crippen LogP contribution in [0.4, 0.5) is 0 Å². The maximum absolute atomic E-state index is 5.64. The molecule has 1 aromatic carbocycles. The van der Waals surface area contributed by atoms with Gasteiger partial charge in [-0.05, 0) is 48.0 Å². The van der Waals surface area contributed by atoms with Crippen LogP contribution in [0.15, 0.2) is 40.9 Å². The Morgan fingerprint density at radius 2 is 1.69 bits per heavy atom. The number of nitrogens with zero attached hydrogens (tertiary/aromatic N) is 1. The third-order valence-corrected chi connectivity index (χ3v) is 3.08. The molecule has 0 spiro atoms. The third-order valence-electron chi connectivity index (χ3n) is 2.24. The highest BCUT2D eigenvalue weighted by Gasteiger charge is 2.01. The zero-order chi connectivity index (χ0) is 11.5. The Balaban J connectivity index is 2.20. The molecule has 0 aliphatic rings. The second-order valence-electron chi connectivity index (χ2n) is 3.63. The summed E-state index contributed by atoms with van der Waals surface area (Å²) < 4.78 is 6.63. The molecule has 0 aliphatic carbocycles. The Bertz CT molecular complexity index is 494. The molecule has 0 saturated carbocycles. The van der Waals surface area contributed by atoms with Crippen LogP contribution in [0.25, 0.3) is 0 Å². The molecule has 2 rings (SSSR count). The molecule has 0 fully saturated rings. The Morgan fingerprint density at radius 3 is 2.31 bits per heavy atom. The Morgan fingerprint density at radius 1 is 1.00 bits per heavy atom. The van der Waals surface area contributed by atoms with Gasteiger partial charge < -0.3 is 4.74 Å². The fourth-order valence-electron chi connectivity index (χ4n) is 1.30. The molecular formula is C13H12BrNO. The van der Waals surface area contributed by atoms with Crippen molar-refractivity contribution in [2.75, 3.05) is 0 Å². The van der Waals surface area contributed by atoms with Crippen molar-refractivity contribution in [3.8, 4) is 11.6 Å². The van der Waals surface area contributed by atoms with Crippen molar-refractivity contribution in [1.82, 2.24) is 4.98 Å². The van der Waals surface area contributed by atoms with Crippen LogP contribution in [0, 0.1) is 13.8 Å². The molecule has 0 saturated heterocycles. The van der Waals surface area contributed by atoms with E-state index in [0.29, 0.717) is 5.88 Å². The smallest absolute Gasteiger partial charge is 0.219 e. The normalized spacial score (nSPS) is 10.2. The minimum absolute atomic E-state index is 0.615. The number of aromatic nitrogens is 1. The first-order valence-corrected chi connectivity index (χ1v) is 5.82. The van der Waals surface area contributed by atoms with Crippen molar-refractivity contribution >= 4 is 15.9 Å². The molecule has 1 aromatic heterocycles. The van der Waals surface area contributed by atoms with Gasteiger partial charge >= 0.3 is 0 Å². The van der Waals surface area contributed by atoms with Gasteiger partial charge in [-0.15, -0.1) is 0 Å². The number of hydrogen-bond acceptors (Lipinski definition) is 2. The molecule has 2 nitrogen and oxygen atoms in total. The maximum Gasteiger partial charge on any atom is 0.219 e. The Kier molecular flexibility index (Phi) is 3.25. The van der Waals surface area contributed by atoms with E-state index in [4.69, 9.17) is 4.74 Å². The monoisotopic (exact) mass is 277 g/mol. The van der Waals surface area contributed by atoms with E-state index in [1.165, 1.54) is 5.56 Å². The lowest BCUT2D eigenvalue weighted by molar-refractivity contribution is 0.461. The fraction of sp³-hybridized carbons (Fsp3) is 0.154. The second-order valence-corrected chi connectivity index (χ2v) is 4.49. The average molecular weight is 278 g/mol.